The fourth-order valence-electron chi connectivity index (χ4n) is 1.85. The van der Waals surface area contributed by atoms with Gasteiger partial charge < -0.3 is 0 Å². The zero-order valence-corrected chi connectivity index (χ0v) is 10.3. The van der Waals surface area contributed by atoms with Crippen LogP contribution in [0.5, 0.6) is 0 Å². The van der Waals surface area contributed by atoms with Gasteiger partial charge in [0.1, 0.15) is 0 Å². The zero-order valence-electron chi connectivity index (χ0n) is 10.3. The van der Waals surface area contributed by atoms with Gasteiger partial charge in [0.05, 0.1) is 0 Å². The van der Waals surface area contributed by atoms with E-state index in [0.29, 0.717) is 0 Å². The van der Waals surface area contributed by atoms with E-state index in [9.17, 15) is 0 Å². The average molecular weight is 208 g/mol. The maximum Gasteiger partial charge on any atom is -0.0352 e. The monoisotopic (exact) mass is 208 g/mol. The third kappa shape index (κ3) is 13.7. The summed E-state index contributed by atoms with van der Waals surface area (Å²) in [6, 6.07) is 0. The van der Waals surface area contributed by atoms with Crippen LogP contribution in [-0.4, -0.2) is 0 Å². The number of hydrogen-bond donors (Lipinski definition) is 0. The first kappa shape index (κ1) is 14.7. The Bertz CT molecular complexity index is 115. The van der Waals surface area contributed by atoms with Crippen molar-refractivity contribution in [1.82, 2.24) is 0 Å². The summed E-state index contributed by atoms with van der Waals surface area (Å²) in [5, 5.41) is 0. The highest BCUT2D eigenvalue weighted by Gasteiger charge is 1.91. The van der Waals surface area contributed by atoms with Gasteiger partial charge >= 0.3 is 0 Å². The molecule has 0 amide bonds. The summed E-state index contributed by atoms with van der Waals surface area (Å²) in [4.78, 5) is 0. The van der Waals surface area contributed by atoms with Crippen LogP contribution in [0.1, 0.15) is 77.0 Å². The van der Waals surface area contributed by atoms with Crippen LogP contribution in [0.2, 0.25) is 0 Å². The quantitative estimate of drug-likeness (QED) is 0.291. The minimum absolute atomic E-state index is 0.864. The summed E-state index contributed by atoms with van der Waals surface area (Å²) < 4.78 is 0. The lowest BCUT2D eigenvalue weighted by Gasteiger charge is -2.01. The summed E-state index contributed by atoms with van der Waals surface area (Å²) in [6.07, 6.45) is 17.8. The smallest absolute Gasteiger partial charge is 0.0352 e. The summed E-state index contributed by atoms with van der Waals surface area (Å²) in [5.74, 6) is 0. The molecule has 0 rings (SSSR count). The van der Waals surface area contributed by atoms with Crippen LogP contribution in [0.4, 0.5) is 0 Å². The fourth-order valence-corrected chi connectivity index (χ4v) is 1.85. The molecule has 0 heterocycles. The first-order valence-corrected chi connectivity index (χ1v) is 6.72. The zero-order chi connectivity index (χ0) is 11.2. The Morgan fingerprint density at radius 1 is 0.667 bits per heavy atom. The number of allylic oxidation sites excluding steroid dienone is 1. The van der Waals surface area contributed by atoms with E-state index >= 15 is 0 Å². The van der Waals surface area contributed by atoms with Crippen LogP contribution in [0, 0.1) is 6.92 Å². The lowest BCUT2D eigenvalue weighted by atomic mass is 10.1. The molecule has 0 aliphatic rings. The number of hydrogen-bond acceptors (Lipinski definition) is 0. The van der Waals surface area contributed by atoms with Gasteiger partial charge in [0, 0.05) is 0 Å². The number of unbranched alkanes of at least 4 members (excludes halogenated alkanes) is 11. The van der Waals surface area contributed by atoms with E-state index < -0.39 is 0 Å². The van der Waals surface area contributed by atoms with E-state index in [1.165, 1.54) is 70.6 Å². The van der Waals surface area contributed by atoms with Gasteiger partial charge in [-0.1, -0.05) is 63.9 Å². The van der Waals surface area contributed by atoms with Crippen molar-refractivity contribution in [3.63, 3.8) is 0 Å². The SMILES string of the molecule is [CH]CCCCCCCCCCCCC=C. The molecule has 0 nitrogen and oxygen atoms in total. The van der Waals surface area contributed by atoms with Gasteiger partial charge in [-0.2, -0.15) is 0 Å². The van der Waals surface area contributed by atoms with E-state index in [4.69, 9.17) is 6.92 Å². The molecule has 0 aliphatic heterocycles. The van der Waals surface area contributed by atoms with Gasteiger partial charge in [0.25, 0.3) is 0 Å². The Morgan fingerprint density at radius 2 is 1.07 bits per heavy atom. The highest BCUT2D eigenvalue weighted by Crippen LogP contribution is 2.11. The van der Waals surface area contributed by atoms with Crippen molar-refractivity contribution in [2.75, 3.05) is 0 Å². The standard InChI is InChI=1S/C15H28/c1-3-5-7-9-11-13-15-14-12-10-8-6-4-2/h1,4H,2-3,5-15H2. The lowest BCUT2D eigenvalue weighted by Crippen LogP contribution is -1.81. The number of rotatable bonds is 12. The van der Waals surface area contributed by atoms with Crippen LogP contribution in [0.25, 0.3) is 0 Å². The second kappa shape index (κ2) is 13.7. The maximum absolute atomic E-state index is 5.44. The van der Waals surface area contributed by atoms with Crippen LogP contribution >= 0.6 is 0 Å². The molecule has 0 saturated carbocycles. The minimum Gasteiger partial charge on any atom is -0.103 e. The summed E-state index contributed by atoms with van der Waals surface area (Å²) in [6.45, 7) is 9.18. The molecule has 0 bridgehead atoms. The predicted octanol–water partition coefficient (Wildman–Crippen LogP) is 5.56. The molecule has 0 N–H and O–H groups in total. The fraction of sp³-hybridized carbons (Fsp3) is 0.800. The molecule has 0 aliphatic carbocycles. The molecule has 0 unspecified atom stereocenters. The molecule has 0 atom stereocenters. The third-order valence-electron chi connectivity index (χ3n) is 2.86. The Kier molecular flexibility index (Phi) is 13.5. The molecule has 0 spiro atoms. The van der Waals surface area contributed by atoms with Crippen molar-refractivity contribution >= 4 is 0 Å². The molecule has 0 aromatic carbocycles. The van der Waals surface area contributed by atoms with Gasteiger partial charge in [-0.15, -0.1) is 6.58 Å². The van der Waals surface area contributed by atoms with Gasteiger partial charge in [0.2, 0.25) is 0 Å². The Labute approximate surface area is 97.2 Å². The molecule has 0 fully saturated rings. The van der Waals surface area contributed by atoms with Gasteiger partial charge in [-0.25, -0.2) is 0 Å². The second-order valence-corrected chi connectivity index (χ2v) is 4.40. The maximum atomic E-state index is 5.44. The van der Waals surface area contributed by atoms with Crippen molar-refractivity contribution in [1.29, 1.82) is 0 Å². The van der Waals surface area contributed by atoms with E-state index in [2.05, 4.69) is 6.58 Å². The third-order valence-corrected chi connectivity index (χ3v) is 2.86. The van der Waals surface area contributed by atoms with Crippen LogP contribution in [0.3, 0.4) is 0 Å². The van der Waals surface area contributed by atoms with Gasteiger partial charge in [0.15, 0.2) is 0 Å². The van der Waals surface area contributed by atoms with Crippen molar-refractivity contribution < 1.29 is 0 Å². The highest BCUT2D eigenvalue weighted by molar-refractivity contribution is 4.65. The normalized spacial score (nSPS) is 10.5. The second-order valence-electron chi connectivity index (χ2n) is 4.40. The molecular weight excluding hydrogens is 180 g/mol. The topological polar surface area (TPSA) is 0 Å². The molecular formula is C15H28. The molecule has 0 heteroatoms. The van der Waals surface area contributed by atoms with Crippen LogP contribution < -0.4 is 0 Å². The molecule has 0 aromatic rings. The van der Waals surface area contributed by atoms with Gasteiger partial charge in [-0.05, 0) is 26.2 Å². The molecule has 2 radical (unpaired) electrons. The van der Waals surface area contributed by atoms with E-state index in [-0.39, 0.29) is 0 Å². The Morgan fingerprint density at radius 3 is 1.47 bits per heavy atom. The van der Waals surface area contributed by atoms with Crippen LogP contribution in [-0.2, 0) is 0 Å². The summed E-state index contributed by atoms with van der Waals surface area (Å²) in [7, 11) is 0. The first-order valence-electron chi connectivity index (χ1n) is 6.72. The molecule has 0 aromatic heterocycles. The van der Waals surface area contributed by atoms with Crippen molar-refractivity contribution in [2.45, 2.75) is 77.0 Å². The average Bonchev–Trinajstić information content (AvgIpc) is 2.26. The lowest BCUT2D eigenvalue weighted by molar-refractivity contribution is 0.553. The highest BCUT2D eigenvalue weighted by atomic mass is 14.0. The Balaban J connectivity index is 2.83. The molecule has 0 saturated heterocycles. The van der Waals surface area contributed by atoms with E-state index in [1.807, 2.05) is 6.08 Å². The van der Waals surface area contributed by atoms with E-state index in [0.717, 1.165) is 6.42 Å². The summed E-state index contributed by atoms with van der Waals surface area (Å²) >= 11 is 0. The van der Waals surface area contributed by atoms with Gasteiger partial charge in [-0.3, -0.25) is 0 Å². The predicted molar refractivity (Wildman–Crippen MR) is 69.9 cm³/mol. The van der Waals surface area contributed by atoms with Crippen molar-refractivity contribution in [3.05, 3.63) is 19.6 Å². The largest absolute Gasteiger partial charge is 0.103 e. The first-order chi connectivity index (χ1) is 7.41. The van der Waals surface area contributed by atoms with Crippen molar-refractivity contribution in [2.24, 2.45) is 0 Å². The minimum atomic E-state index is 0.864. The van der Waals surface area contributed by atoms with Crippen LogP contribution in [0.15, 0.2) is 12.7 Å². The van der Waals surface area contributed by atoms with Crippen molar-refractivity contribution in [3.8, 4) is 0 Å². The molecule has 15 heavy (non-hydrogen) atoms. The molecule has 88 valence electrons. The summed E-state index contributed by atoms with van der Waals surface area (Å²) in [5.41, 5.74) is 0. The Hall–Kier alpha value is -0.260. The van der Waals surface area contributed by atoms with E-state index in [1.54, 1.807) is 0 Å².